The zero-order valence-electron chi connectivity index (χ0n) is 17.3. The third-order valence-corrected chi connectivity index (χ3v) is 6.35. The Balaban J connectivity index is 1.58. The highest BCUT2D eigenvalue weighted by atomic mass is 16.2. The topological polar surface area (TPSA) is 78.5 Å². The van der Waals surface area contributed by atoms with Crippen molar-refractivity contribution < 1.29 is 14.4 Å². The van der Waals surface area contributed by atoms with E-state index in [1.165, 1.54) is 0 Å². The molecule has 1 saturated heterocycles. The minimum atomic E-state index is -0.824. The van der Waals surface area contributed by atoms with Crippen LogP contribution in [0.4, 0.5) is 4.79 Å². The molecule has 0 bridgehead atoms. The SMILES string of the molecule is Cc1ccccc1CNC(=O)CN1C(=O)NC2(CCC(C(C)(C)C)CC2)C1=O. The van der Waals surface area contributed by atoms with Gasteiger partial charge in [-0.3, -0.25) is 14.5 Å². The number of carbonyl (C=O) groups is 3. The minimum Gasteiger partial charge on any atom is -0.350 e. The van der Waals surface area contributed by atoms with Crippen LogP contribution in [0.5, 0.6) is 0 Å². The molecule has 1 aromatic rings. The number of aryl methyl sites for hydroxylation is 1. The lowest BCUT2D eigenvalue weighted by atomic mass is 9.67. The summed E-state index contributed by atoms with van der Waals surface area (Å²) in [5, 5.41) is 5.70. The Morgan fingerprint density at radius 1 is 1.21 bits per heavy atom. The fourth-order valence-electron chi connectivity index (χ4n) is 4.34. The van der Waals surface area contributed by atoms with Gasteiger partial charge in [0.1, 0.15) is 12.1 Å². The highest BCUT2D eigenvalue weighted by molar-refractivity contribution is 6.09. The van der Waals surface area contributed by atoms with E-state index in [-0.39, 0.29) is 23.8 Å². The van der Waals surface area contributed by atoms with Gasteiger partial charge in [0.15, 0.2) is 0 Å². The Morgan fingerprint density at radius 3 is 2.46 bits per heavy atom. The molecule has 0 unspecified atom stereocenters. The number of hydrogen-bond acceptors (Lipinski definition) is 3. The molecule has 0 aromatic heterocycles. The number of urea groups is 1. The van der Waals surface area contributed by atoms with Gasteiger partial charge in [0.25, 0.3) is 5.91 Å². The van der Waals surface area contributed by atoms with E-state index < -0.39 is 11.6 Å². The molecule has 28 heavy (non-hydrogen) atoms. The van der Waals surface area contributed by atoms with Crippen LogP contribution in [0.3, 0.4) is 0 Å². The molecule has 2 fully saturated rings. The Kier molecular flexibility index (Phi) is 5.50. The van der Waals surface area contributed by atoms with Crippen LogP contribution in [-0.2, 0) is 16.1 Å². The maximum absolute atomic E-state index is 13.0. The van der Waals surface area contributed by atoms with Crippen molar-refractivity contribution >= 4 is 17.8 Å². The third kappa shape index (κ3) is 4.05. The summed E-state index contributed by atoms with van der Waals surface area (Å²) in [6.07, 6.45) is 3.09. The van der Waals surface area contributed by atoms with Gasteiger partial charge in [-0.2, -0.15) is 0 Å². The van der Waals surface area contributed by atoms with Gasteiger partial charge in [0.05, 0.1) is 0 Å². The molecule has 1 aliphatic heterocycles. The average molecular weight is 386 g/mol. The van der Waals surface area contributed by atoms with E-state index in [9.17, 15) is 14.4 Å². The maximum Gasteiger partial charge on any atom is 0.325 e. The van der Waals surface area contributed by atoms with Crippen molar-refractivity contribution in [1.82, 2.24) is 15.5 Å². The fraction of sp³-hybridized carbons (Fsp3) is 0.591. The van der Waals surface area contributed by atoms with Gasteiger partial charge in [-0.25, -0.2) is 4.79 Å². The van der Waals surface area contributed by atoms with E-state index in [0.717, 1.165) is 28.9 Å². The molecular formula is C22H31N3O3. The lowest BCUT2D eigenvalue weighted by Crippen LogP contribution is -2.51. The van der Waals surface area contributed by atoms with Crippen molar-refractivity contribution in [2.45, 2.75) is 65.5 Å². The van der Waals surface area contributed by atoms with E-state index in [1.54, 1.807) is 0 Å². The summed E-state index contributed by atoms with van der Waals surface area (Å²) in [5.41, 5.74) is 1.48. The molecule has 2 aliphatic rings. The summed E-state index contributed by atoms with van der Waals surface area (Å²) in [7, 11) is 0. The molecular weight excluding hydrogens is 354 g/mol. The highest BCUT2D eigenvalue weighted by Gasteiger charge is 2.53. The smallest absolute Gasteiger partial charge is 0.325 e. The molecule has 6 nitrogen and oxygen atoms in total. The molecule has 4 amide bonds. The number of benzene rings is 1. The molecule has 2 N–H and O–H groups in total. The van der Waals surface area contributed by atoms with Crippen LogP contribution in [0.15, 0.2) is 24.3 Å². The first kappa shape index (κ1) is 20.4. The molecule has 1 aliphatic carbocycles. The van der Waals surface area contributed by atoms with Crippen LogP contribution in [0.25, 0.3) is 0 Å². The van der Waals surface area contributed by atoms with Crippen molar-refractivity contribution in [3.63, 3.8) is 0 Å². The third-order valence-electron chi connectivity index (χ3n) is 6.35. The van der Waals surface area contributed by atoms with Crippen LogP contribution in [-0.4, -0.2) is 34.8 Å². The van der Waals surface area contributed by atoms with Crippen molar-refractivity contribution in [3.05, 3.63) is 35.4 Å². The van der Waals surface area contributed by atoms with E-state index in [1.807, 2.05) is 31.2 Å². The van der Waals surface area contributed by atoms with Crippen LogP contribution in [0.2, 0.25) is 0 Å². The average Bonchev–Trinajstić information content (AvgIpc) is 2.85. The Bertz CT molecular complexity index is 773. The summed E-state index contributed by atoms with van der Waals surface area (Å²) in [6.45, 7) is 8.78. The van der Waals surface area contributed by atoms with E-state index in [0.29, 0.717) is 25.3 Å². The lowest BCUT2D eigenvalue weighted by molar-refractivity contribution is -0.136. The number of nitrogens with zero attached hydrogens (tertiary/aromatic N) is 1. The predicted molar refractivity (Wildman–Crippen MR) is 107 cm³/mol. The van der Waals surface area contributed by atoms with Gasteiger partial charge >= 0.3 is 6.03 Å². The molecule has 1 spiro atoms. The molecule has 0 atom stereocenters. The Labute approximate surface area is 167 Å². The molecule has 1 heterocycles. The first-order valence-electron chi connectivity index (χ1n) is 10.1. The van der Waals surface area contributed by atoms with Gasteiger partial charge in [-0.15, -0.1) is 0 Å². The van der Waals surface area contributed by atoms with Crippen LogP contribution in [0, 0.1) is 18.3 Å². The molecule has 6 heteroatoms. The first-order valence-corrected chi connectivity index (χ1v) is 10.1. The number of imide groups is 1. The van der Waals surface area contributed by atoms with Gasteiger partial charge in [0, 0.05) is 6.54 Å². The van der Waals surface area contributed by atoms with Crippen molar-refractivity contribution in [3.8, 4) is 0 Å². The number of hydrogen-bond donors (Lipinski definition) is 2. The second kappa shape index (κ2) is 7.57. The monoisotopic (exact) mass is 385 g/mol. The van der Waals surface area contributed by atoms with Gasteiger partial charge in [-0.1, -0.05) is 45.0 Å². The number of carbonyl (C=O) groups excluding carboxylic acids is 3. The zero-order chi connectivity index (χ0) is 20.5. The number of nitrogens with one attached hydrogen (secondary N) is 2. The maximum atomic E-state index is 13.0. The summed E-state index contributed by atoms with van der Waals surface area (Å²) >= 11 is 0. The lowest BCUT2D eigenvalue weighted by Gasteiger charge is -2.40. The summed E-state index contributed by atoms with van der Waals surface area (Å²) < 4.78 is 0. The molecule has 1 aromatic carbocycles. The largest absolute Gasteiger partial charge is 0.350 e. The van der Waals surface area contributed by atoms with Crippen LogP contribution >= 0.6 is 0 Å². The predicted octanol–water partition coefficient (Wildman–Crippen LogP) is 3.14. The number of amides is 4. The highest BCUT2D eigenvalue weighted by Crippen LogP contribution is 2.43. The van der Waals surface area contributed by atoms with Crippen molar-refractivity contribution in [1.29, 1.82) is 0 Å². The van der Waals surface area contributed by atoms with Gasteiger partial charge < -0.3 is 10.6 Å². The summed E-state index contributed by atoms with van der Waals surface area (Å²) in [5.74, 6) is -0.0441. The first-order chi connectivity index (χ1) is 13.1. The number of rotatable bonds is 4. The van der Waals surface area contributed by atoms with Gasteiger partial charge in [-0.05, 0) is 55.1 Å². The van der Waals surface area contributed by atoms with E-state index >= 15 is 0 Å². The van der Waals surface area contributed by atoms with Gasteiger partial charge in [0.2, 0.25) is 5.91 Å². The Hall–Kier alpha value is -2.37. The molecule has 0 radical (unpaired) electrons. The van der Waals surface area contributed by atoms with E-state index in [2.05, 4.69) is 31.4 Å². The second-order valence-electron chi connectivity index (χ2n) is 9.25. The Morgan fingerprint density at radius 2 is 1.86 bits per heavy atom. The van der Waals surface area contributed by atoms with E-state index in [4.69, 9.17) is 0 Å². The molecule has 1 saturated carbocycles. The quantitative estimate of drug-likeness (QED) is 0.782. The van der Waals surface area contributed by atoms with Crippen molar-refractivity contribution in [2.75, 3.05) is 6.54 Å². The normalized spacial score (nSPS) is 25.1. The zero-order valence-corrected chi connectivity index (χ0v) is 17.3. The van der Waals surface area contributed by atoms with Crippen LogP contribution < -0.4 is 10.6 Å². The standard InChI is InChI=1S/C22H31N3O3/c1-15-7-5-6-8-16(15)13-23-18(26)14-25-19(27)22(24-20(25)28)11-9-17(10-12-22)21(2,3)4/h5-8,17H,9-14H2,1-4H3,(H,23,26)(H,24,28). The van der Waals surface area contributed by atoms with Crippen LogP contribution in [0.1, 0.15) is 57.6 Å². The summed E-state index contributed by atoms with van der Waals surface area (Å²) in [4.78, 5) is 38.8. The summed E-state index contributed by atoms with van der Waals surface area (Å²) in [6, 6.07) is 7.35. The molecule has 3 rings (SSSR count). The molecule has 152 valence electrons. The van der Waals surface area contributed by atoms with Crippen molar-refractivity contribution in [2.24, 2.45) is 11.3 Å². The fourth-order valence-corrected chi connectivity index (χ4v) is 4.34. The second-order valence-corrected chi connectivity index (χ2v) is 9.25. The minimum absolute atomic E-state index is 0.197.